The van der Waals surface area contributed by atoms with Crippen molar-refractivity contribution in [2.45, 2.75) is 17.5 Å². The number of nitrogens with zero attached hydrogens (tertiary/aromatic N) is 3. The van der Waals surface area contributed by atoms with Gasteiger partial charge in [-0.2, -0.15) is 0 Å². The molecule has 0 amide bonds. The highest BCUT2D eigenvalue weighted by molar-refractivity contribution is 7.98. The van der Waals surface area contributed by atoms with E-state index in [1.807, 2.05) is 18.7 Å². The van der Waals surface area contributed by atoms with Crippen LogP contribution in [0.1, 0.15) is 21.7 Å². The molecule has 23 heavy (non-hydrogen) atoms. The van der Waals surface area contributed by atoms with Gasteiger partial charge in [0.15, 0.2) is 5.16 Å². The number of benzene rings is 1. The second-order valence-electron chi connectivity index (χ2n) is 4.80. The number of nitrogens with one attached hydrogen (secondary N) is 1. The molecular weight excluding hydrogens is 316 g/mol. The Kier molecular flexibility index (Phi) is 6.00. The molecule has 1 aromatic carbocycles. The maximum atomic E-state index is 11.7. The van der Waals surface area contributed by atoms with Crippen molar-refractivity contribution >= 4 is 17.7 Å². The summed E-state index contributed by atoms with van der Waals surface area (Å²) in [4.78, 5) is 11.7. The number of carbonyl (C=O) groups excluding carboxylic acids is 1. The summed E-state index contributed by atoms with van der Waals surface area (Å²) in [5.74, 6) is 1.83. The van der Waals surface area contributed by atoms with E-state index in [2.05, 4.69) is 15.5 Å². The predicted molar refractivity (Wildman–Crippen MR) is 87.7 cm³/mol. The van der Waals surface area contributed by atoms with Gasteiger partial charge in [-0.25, -0.2) is 4.79 Å². The van der Waals surface area contributed by atoms with E-state index in [1.54, 1.807) is 25.3 Å². The Balaban J connectivity index is 2.17. The lowest BCUT2D eigenvalue weighted by molar-refractivity contribution is 0.0600. The third kappa shape index (κ3) is 4.02. The smallest absolute Gasteiger partial charge is 0.337 e. The summed E-state index contributed by atoms with van der Waals surface area (Å²) in [6.45, 7) is 0.658. The van der Waals surface area contributed by atoms with Crippen molar-refractivity contribution < 1.29 is 14.3 Å². The summed E-state index contributed by atoms with van der Waals surface area (Å²) in [5.41, 5.74) is 1.40. The van der Waals surface area contributed by atoms with Gasteiger partial charge in [0.1, 0.15) is 11.6 Å². The molecule has 0 spiro atoms. The van der Waals surface area contributed by atoms with Crippen molar-refractivity contribution in [3.8, 4) is 5.75 Å². The zero-order valence-corrected chi connectivity index (χ0v) is 14.4. The number of thioether (sulfide) groups is 1. The average molecular weight is 336 g/mol. The minimum absolute atomic E-state index is 0.367. The highest BCUT2D eigenvalue weighted by Crippen LogP contribution is 2.28. The summed E-state index contributed by atoms with van der Waals surface area (Å²) >= 11 is 1.53. The third-order valence-corrected chi connectivity index (χ3v) is 4.39. The molecule has 1 aromatic heterocycles. The summed E-state index contributed by atoms with van der Waals surface area (Å²) in [6, 6.07) is 5.24. The summed E-state index contributed by atoms with van der Waals surface area (Å²) < 4.78 is 12.1. The zero-order chi connectivity index (χ0) is 16.8. The normalized spacial score (nSPS) is 10.6. The van der Waals surface area contributed by atoms with Gasteiger partial charge in [0, 0.05) is 18.4 Å². The summed E-state index contributed by atoms with van der Waals surface area (Å²) in [5, 5.41) is 12.2. The number of rotatable bonds is 7. The van der Waals surface area contributed by atoms with Crippen LogP contribution in [0.2, 0.25) is 0 Å². The Labute approximate surface area is 139 Å². The molecule has 0 unspecified atom stereocenters. The minimum atomic E-state index is -0.367. The van der Waals surface area contributed by atoms with Crippen LogP contribution in [0.4, 0.5) is 0 Å². The lowest BCUT2D eigenvalue weighted by atomic mass is 10.1. The van der Waals surface area contributed by atoms with Crippen LogP contribution >= 0.6 is 11.8 Å². The highest BCUT2D eigenvalue weighted by atomic mass is 32.2. The Bertz CT molecular complexity index is 687. The van der Waals surface area contributed by atoms with Crippen LogP contribution in [-0.2, 0) is 24.1 Å². The molecule has 0 atom stereocenters. The highest BCUT2D eigenvalue weighted by Gasteiger charge is 2.13. The van der Waals surface area contributed by atoms with Crippen molar-refractivity contribution in [3.63, 3.8) is 0 Å². The lowest BCUT2D eigenvalue weighted by Crippen LogP contribution is -2.10. The molecule has 7 nitrogen and oxygen atoms in total. The summed E-state index contributed by atoms with van der Waals surface area (Å²) in [6.07, 6.45) is 0. The van der Waals surface area contributed by atoms with Crippen molar-refractivity contribution in [2.24, 2.45) is 7.05 Å². The Hall–Kier alpha value is -2.06. The number of ether oxygens (including phenoxy) is 2. The first kappa shape index (κ1) is 17.3. The first-order chi connectivity index (χ1) is 11.1. The Morgan fingerprint density at radius 1 is 1.35 bits per heavy atom. The first-order valence-electron chi connectivity index (χ1n) is 7.01. The quantitative estimate of drug-likeness (QED) is 0.608. The molecule has 2 rings (SSSR count). The number of carbonyl (C=O) groups is 1. The third-order valence-electron chi connectivity index (χ3n) is 3.32. The van der Waals surface area contributed by atoms with Crippen molar-refractivity contribution in [2.75, 3.05) is 21.3 Å². The number of hydrogen-bond acceptors (Lipinski definition) is 7. The van der Waals surface area contributed by atoms with Gasteiger partial charge >= 0.3 is 5.97 Å². The molecule has 1 heterocycles. The van der Waals surface area contributed by atoms with Crippen molar-refractivity contribution in [1.82, 2.24) is 20.1 Å². The van der Waals surface area contributed by atoms with Gasteiger partial charge in [-0.15, -0.1) is 10.2 Å². The standard InChI is InChI=1S/C15H20N4O3S/c1-16-8-13-17-18-15(19(13)2)23-9-11-7-10(14(20)22-4)5-6-12(11)21-3/h5-7,16H,8-9H2,1-4H3. The van der Waals surface area contributed by atoms with E-state index in [0.29, 0.717) is 17.9 Å². The zero-order valence-electron chi connectivity index (χ0n) is 13.6. The predicted octanol–water partition coefficient (Wildman–Crippen LogP) is 1.62. The molecular formula is C15H20N4O3S. The molecule has 124 valence electrons. The number of methoxy groups -OCH3 is 2. The van der Waals surface area contributed by atoms with Gasteiger partial charge in [-0.3, -0.25) is 0 Å². The van der Waals surface area contributed by atoms with Gasteiger partial charge in [0.05, 0.1) is 26.3 Å². The van der Waals surface area contributed by atoms with E-state index in [9.17, 15) is 4.79 Å². The maximum Gasteiger partial charge on any atom is 0.337 e. The average Bonchev–Trinajstić information content (AvgIpc) is 2.92. The lowest BCUT2D eigenvalue weighted by Gasteiger charge is -2.10. The van der Waals surface area contributed by atoms with E-state index in [0.717, 1.165) is 22.3 Å². The van der Waals surface area contributed by atoms with Crippen LogP contribution in [0.5, 0.6) is 5.75 Å². The van der Waals surface area contributed by atoms with Gasteiger partial charge < -0.3 is 19.4 Å². The molecule has 0 saturated carbocycles. The molecule has 0 aliphatic rings. The monoisotopic (exact) mass is 336 g/mol. The molecule has 1 N–H and O–H groups in total. The second-order valence-corrected chi connectivity index (χ2v) is 5.74. The second kappa shape index (κ2) is 7.98. The summed E-state index contributed by atoms with van der Waals surface area (Å²) in [7, 11) is 6.76. The molecule has 2 aromatic rings. The Morgan fingerprint density at radius 2 is 2.13 bits per heavy atom. The van der Waals surface area contributed by atoms with Gasteiger partial charge in [0.25, 0.3) is 0 Å². The molecule has 0 aliphatic carbocycles. The fourth-order valence-corrected chi connectivity index (χ4v) is 2.97. The van der Waals surface area contributed by atoms with Gasteiger partial charge in [0.2, 0.25) is 0 Å². The topological polar surface area (TPSA) is 78.3 Å². The molecule has 8 heteroatoms. The van der Waals surface area contributed by atoms with E-state index in [-0.39, 0.29) is 5.97 Å². The van der Waals surface area contributed by atoms with Crippen molar-refractivity contribution in [1.29, 1.82) is 0 Å². The van der Waals surface area contributed by atoms with Crippen molar-refractivity contribution in [3.05, 3.63) is 35.2 Å². The van der Waals surface area contributed by atoms with Crippen LogP contribution in [0, 0.1) is 0 Å². The molecule has 0 radical (unpaired) electrons. The minimum Gasteiger partial charge on any atom is -0.496 e. The van der Waals surface area contributed by atoms with E-state index < -0.39 is 0 Å². The largest absolute Gasteiger partial charge is 0.496 e. The molecule has 0 aliphatic heterocycles. The van der Waals surface area contributed by atoms with Gasteiger partial charge in [-0.05, 0) is 25.2 Å². The van der Waals surface area contributed by atoms with Crippen LogP contribution in [0.15, 0.2) is 23.4 Å². The molecule has 0 saturated heterocycles. The fourth-order valence-electron chi connectivity index (χ4n) is 2.06. The number of esters is 1. The number of hydrogen-bond donors (Lipinski definition) is 1. The van der Waals surface area contributed by atoms with E-state index >= 15 is 0 Å². The van der Waals surface area contributed by atoms with E-state index in [4.69, 9.17) is 9.47 Å². The van der Waals surface area contributed by atoms with Crippen LogP contribution in [0.3, 0.4) is 0 Å². The first-order valence-corrected chi connectivity index (χ1v) is 8.00. The van der Waals surface area contributed by atoms with E-state index in [1.165, 1.54) is 18.9 Å². The molecule has 0 bridgehead atoms. The SMILES string of the molecule is CNCc1nnc(SCc2cc(C(=O)OC)ccc2OC)n1C. The van der Waals surface area contributed by atoms with Crippen LogP contribution < -0.4 is 10.1 Å². The fraction of sp³-hybridized carbons (Fsp3) is 0.400. The number of aromatic nitrogens is 3. The van der Waals surface area contributed by atoms with Crippen LogP contribution in [0.25, 0.3) is 0 Å². The maximum absolute atomic E-state index is 11.7. The Morgan fingerprint density at radius 3 is 2.78 bits per heavy atom. The van der Waals surface area contributed by atoms with Crippen LogP contribution in [-0.4, -0.2) is 42.0 Å². The molecule has 0 fully saturated rings. The van der Waals surface area contributed by atoms with Gasteiger partial charge in [-0.1, -0.05) is 11.8 Å².